The fraction of sp³-hybridized carbons (Fsp3) is 0.714. The minimum absolute atomic E-state index is 0.265. The normalized spacial score (nSPS) is 21.7. The van der Waals surface area contributed by atoms with Gasteiger partial charge in [-0.25, -0.2) is 15.8 Å². The summed E-state index contributed by atoms with van der Waals surface area (Å²) in [6.07, 6.45) is 2.44. The third-order valence-electron chi connectivity index (χ3n) is 3.65. The molecular formula is C14H25N5O. The number of nitrogens with two attached hydrogens (primary N) is 1. The molecule has 1 saturated carbocycles. The molecule has 1 aliphatic carbocycles. The summed E-state index contributed by atoms with van der Waals surface area (Å²) in [5.41, 5.74) is 3.61. The smallest absolute Gasteiger partial charge is 0.148 e. The minimum Gasteiger partial charge on any atom is -0.378 e. The summed E-state index contributed by atoms with van der Waals surface area (Å²) < 4.78 is 5.58. The minimum atomic E-state index is 0.265. The molecule has 2 rings (SSSR count). The molecule has 112 valence electrons. The molecule has 4 N–H and O–H groups in total. The van der Waals surface area contributed by atoms with Crippen molar-refractivity contribution in [2.45, 2.75) is 58.6 Å². The number of ether oxygens (including phenoxy) is 1. The first-order valence-corrected chi connectivity index (χ1v) is 7.28. The monoisotopic (exact) mass is 279 g/mol. The van der Waals surface area contributed by atoms with Crippen molar-refractivity contribution in [3.63, 3.8) is 0 Å². The number of hydrazine groups is 1. The molecule has 0 spiro atoms. The van der Waals surface area contributed by atoms with Crippen LogP contribution in [0.4, 0.5) is 11.6 Å². The summed E-state index contributed by atoms with van der Waals surface area (Å²) in [6.45, 7) is 8.93. The Balaban J connectivity index is 2.09. The predicted molar refractivity (Wildman–Crippen MR) is 80.7 cm³/mol. The second kappa shape index (κ2) is 6.37. The number of hydrogen-bond acceptors (Lipinski definition) is 6. The molecule has 0 saturated heterocycles. The highest BCUT2D eigenvalue weighted by molar-refractivity contribution is 5.57. The summed E-state index contributed by atoms with van der Waals surface area (Å²) in [5, 5.41) is 3.48. The highest BCUT2D eigenvalue weighted by atomic mass is 16.5. The highest BCUT2D eigenvalue weighted by Gasteiger charge is 2.30. The molecule has 6 heteroatoms. The number of nitrogen functional groups attached to an aromatic ring is 1. The molecule has 0 aliphatic heterocycles. The van der Waals surface area contributed by atoms with E-state index >= 15 is 0 Å². The zero-order valence-corrected chi connectivity index (χ0v) is 12.7. The van der Waals surface area contributed by atoms with Crippen molar-refractivity contribution >= 4 is 11.6 Å². The molecule has 1 aliphatic rings. The van der Waals surface area contributed by atoms with E-state index in [1.807, 2.05) is 13.8 Å². The Kier molecular flexibility index (Phi) is 4.77. The lowest BCUT2D eigenvalue weighted by atomic mass is 9.89. The Morgan fingerprint density at radius 2 is 1.95 bits per heavy atom. The zero-order chi connectivity index (χ0) is 14.7. The first-order chi connectivity index (χ1) is 9.55. The second-order valence-electron chi connectivity index (χ2n) is 5.59. The van der Waals surface area contributed by atoms with Crippen LogP contribution < -0.4 is 16.6 Å². The van der Waals surface area contributed by atoms with Crippen LogP contribution in [0.15, 0.2) is 0 Å². The van der Waals surface area contributed by atoms with Gasteiger partial charge in [0, 0.05) is 24.1 Å². The van der Waals surface area contributed by atoms with Gasteiger partial charge in [0.1, 0.15) is 17.5 Å². The quantitative estimate of drug-likeness (QED) is 0.546. The molecule has 6 nitrogen and oxygen atoms in total. The lowest BCUT2D eigenvalue weighted by molar-refractivity contribution is 0.00291. The van der Waals surface area contributed by atoms with E-state index in [2.05, 4.69) is 34.6 Å². The van der Waals surface area contributed by atoms with E-state index in [1.54, 1.807) is 0 Å². The molecule has 0 radical (unpaired) electrons. The van der Waals surface area contributed by atoms with E-state index in [4.69, 9.17) is 10.6 Å². The average molecular weight is 279 g/mol. The molecule has 0 amide bonds. The van der Waals surface area contributed by atoms with Gasteiger partial charge in [0.05, 0.1) is 6.10 Å². The Morgan fingerprint density at radius 1 is 1.30 bits per heavy atom. The van der Waals surface area contributed by atoms with Crippen molar-refractivity contribution < 1.29 is 4.74 Å². The maximum atomic E-state index is 5.58. The maximum absolute atomic E-state index is 5.58. The van der Waals surface area contributed by atoms with Crippen molar-refractivity contribution in [1.82, 2.24) is 9.97 Å². The highest BCUT2D eigenvalue weighted by Crippen LogP contribution is 2.29. The fourth-order valence-corrected chi connectivity index (χ4v) is 2.32. The molecule has 1 fully saturated rings. The molecule has 1 heterocycles. The van der Waals surface area contributed by atoms with E-state index in [0.29, 0.717) is 18.0 Å². The van der Waals surface area contributed by atoms with Gasteiger partial charge >= 0.3 is 0 Å². The Labute approximate surface area is 120 Å². The van der Waals surface area contributed by atoms with Crippen molar-refractivity contribution in [1.29, 1.82) is 0 Å². The molecule has 20 heavy (non-hydrogen) atoms. The van der Waals surface area contributed by atoms with E-state index in [1.165, 1.54) is 0 Å². The Bertz CT molecular complexity index is 457. The third kappa shape index (κ3) is 3.19. The molecule has 0 aromatic carbocycles. The largest absolute Gasteiger partial charge is 0.378 e. The zero-order valence-electron chi connectivity index (χ0n) is 12.7. The van der Waals surface area contributed by atoms with E-state index < -0.39 is 0 Å². The van der Waals surface area contributed by atoms with Crippen LogP contribution in [-0.4, -0.2) is 28.7 Å². The van der Waals surface area contributed by atoms with Gasteiger partial charge in [-0.05, 0) is 26.7 Å². The summed E-state index contributed by atoms with van der Waals surface area (Å²) in [7, 11) is 0. The molecule has 1 aromatic heterocycles. The number of nitrogens with one attached hydrogen (secondary N) is 2. The van der Waals surface area contributed by atoms with E-state index in [-0.39, 0.29) is 5.92 Å². The molecule has 1 aromatic rings. The first-order valence-electron chi connectivity index (χ1n) is 7.28. The second-order valence-corrected chi connectivity index (χ2v) is 5.59. The van der Waals surface area contributed by atoms with Gasteiger partial charge in [-0.2, -0.15) is 0 Å². The van der Waals surface area contributed by atoms with Crippen LogP contribution in [0.5, 0.6) is 0 Å². The SMILES string of the molecule is CCOC1CC(Nc2nc(C(C)C)nc(NN)c2C)C1. The van der Waals surface area contributed by atoms with Crippen molar-refractivity contribution in [2.24, 2.45) is 5.84 Å². The lowest BCUT2D eigenvalue weighted by Gasteiger charge is -2.36. The van der Waals surface area contributed by atoms with Crippen LogP contribution >= 0.6 is 0 Å². The number of nitrogens with zero attached hydrogens (tertiary/aromatic N) is 2. The number of aromatic nitrogens is 2. The summed E-state index contributed by atoms with van der Waals surface area (Å²) in [4.78, 5) is 9.05. The molecule has 0 unspecified atom stereocenters. The predicted octanol–water partition coefficient (Wildman–Crippen LogP) is 2.17. The van der Waals surface area contributed by atoms with Gasteiger partial charge in [0.2, 0.25) is 0 Å². The summed E-state index contributed by atoms with van der Waals surface area (Å²) >= 11 is 0. The molecule has 0 atom stereocenters. The topological polar surface area (TPSA) is 85.1 Å². The Morgan fingerprint density at radius 3 is 2.50 bits per heavy atom. The lowest BCUT2D eigenvalue weighted by Crippen LogP contribution is -2.41. The third-order valence-corrected chi connectivity index (χ3v) is 3.65. The average Bonchev–Trinajstić information content (AvgIpc) is 2.38. The number of hydrogen-bond donors (Lipinski definition) is 3. The molecule has 0 bridgehead atoms. The number of anilines is 2. The van der Waals surface area contributed by atoms with Crippen LogP contribution in [0.1, 0.15) is 50.9 Å². The van der Waals surface area contributed by atoms with Crippen LogP contribution in [0.25, 0.3) is 0 Å². The van der Waals surface area contributed by atoms with Gasteiger partial charge in [0.15, 0.2) is 0 Å². The summed E-state index contributed by atoms with van der Waals surface area (Å²) in [6, 6.07) is 0.422. The van der Waals surface area contributed by atoms with Gasteiger partial charge < -0.3 is 15.5 Å². The molecular weight excluding hydrogens is 254 g/mol. The van der Waals surface area contributed by atoms with Gasteiger partial charge in [-0.15, -0.1) is 0 Å². The van der Waals surface area contributed by atoms with Gasteiger partial charge in [0.25, 0.3) is 0 Å². The van der Waals surface area contributed by atoms with Gasteiger partial charge in [-0.3, -0.25) is 0 Å². The maximum Gasteiger partial charge on any atom is 0.148 e. The first kappa shape index (κ1) is 15.0. The van der Waals surface area contributed by atoms with Crippen LogP contribution in [0.3, 0.4) is 0 Å². The Hall–Kier alpha value is -1.40. The standard InChI is InChI=1S/C14H25N5O/c1-5-20-11-6-10(7-11)16-13-9(4)14(19-15)18-12(17-13)8(2)3/h8,10-11H,5-7,15H2,1-4H3,(H2,16,17,18,19). The van der Waals surface area contributed by atoms with Crippen LogP contribution in [0.2, 0.25) is 0 Å². The van der Waals surface area contributed by atoms with Crippen molar-refractivity contribution in [2.75, 3.05) is 17.3 Å². The van der Waals surface area contributed by atoms with E-state index in [0.717, 1.165) is 36.7 Å². The summed E-state index contributed by atoms with van der Waals surface area (Å²) in [5.74, 6) is 8.16. The van der Waals surface area contributed by atoms with E-state index in [9.17, 15) is 0 Å². The van der Waals surface area contributed by atoms with Crippen LogP contribution in [-0.2, 0) is 4.74 Å². The van der Waals surface area contributed by atoms with Gasteiger partial charge in [-0.1, -0.05) is 13.8 Å². The van der Waals surface area contributed by atoms with Crippen LogP contribution in [0, 0.1) is 6.92 Å². The number of rotatable bonds is 6. The fourth-order valence-electron chi connectivity index (χ4n) is 2.32. The van der Waals surface area contributed by atoms with Crippen molar-refractivity contribution in [3.8, 4) is 0 Å². The van der Waals surface area contributed by atoms with Crippen molar-refractivity contribution in [3.05, 3.63) is 11.4 Å².